The van der Waals surface area contributed by atoms with Gasteiger partial charge in [0.1, 0.15) is 0 Å². The summed E-state index contributed by atoms with van der Waals surface area (Å²) in [5, 5.41) is 0. The van der Waals surface area contributed by atoms with Crippen molar-refractivity contribution in [3.05, 3.63) is 108 Å². The molecule has 0 spiro atoms. The predicted octanol–water partition coefficient (Wildman–Crippen LogP) is 7.79. The summed E-state index contributed by atoms with van der Waals surface area (Å²) in [4.78, 5) is 0. The van der Waals surface area contributed by atoms with E-state index in [0.717, 1.165) is 13.0 Å². The molecule has 0 radical (unpaired) electrons. The quantitative estimate of drug-likeness (QED) is 0.210. The highest BCUT2D eigenvalue weighted by Crippen LogP contribution is 2.43. The van der Waals surface area contributed by atoms with Gasteiger partial charge in [-0.2, -0.15) is 0 Å². The first-order valence-corrected chi connectivity index (χ1v) is 11.5. The number of hydrogen-bond acceptors (Lipinski definition) is 1. The van der Waals surface area contributed by atoms with Crippen molar-refractivity contribution in [1.82, 2.24) is 0 Å². The fraction of sp³-hybridized carbons (Fsp3) is 0.379. The first kappa shape index (κ1) is 22.3. The van der Waals surface area contributed by atoms with Crippen molar-refractivity contribution in [3.8, 4) is 0 Å². The van der Waals surface area contributed by atoms with E-state index in [1.54, 1.807) is 7.11 Å². The Kier molecular flexibility index (Phi) is 9.18. The Labute approximate surface area is 183 Å². The van der Waals surface area contributed by atoms with Gasteiger partial charge in [-0.3, -0.25) is 0 Å². The largest absolute Gasteiger partial charge is 0.385 e. The summed E-state index contributed by atoms with van der Waals surface area (Å²) in [6.07, 6.45) is 10.1. The van der Waals surface area contributed by atoms with Crippen molar-refractivity contribution in [2.24, 2.45) is 0 Å². The smallest absolute Gasteiger partial charge is 0.0462 e. The normalized spacial score (nSPS) is 11.5. The molecule has 0 bridgehead atoms. The second-order valence-electron chi connectivity index (χ2n) is 8.22. The van der Waals surface area contributed by atoms with E-state index in [0.29, 0.717) is 0 Å². The number of methoxy groups -OCH3 is 1. The number of benzene rings is 3. The minimum atomic E-state index is -0.0950. The van der Waals surface area contributed by atoms with Crippen LogP contribution >= 0.6 is 0 Å². The summed E-state index contributed by atoms with van der Waals surface area (Å²) in [6.45, 7) is 0.897. The van der Waals surface area contributed by atoms with E-state index in [9.17, 15) is 0 Å². The van der Waals surface area contributed by atoms with E-state index in [1.807, 2.05) is 0 Å². The molecule has 1 heteroatoms. The Morgan fingerprint density at radius 2 is 0.867 bits per heavy atom. The summed E-state index contributed by atoms with van der Waals surface area (Å²) in [5.74, 6) is 0. The summed E-state index contributed by atoms with van der Waals surface area (Å²) in [7, 11) is 1.79. The molecule has 3 rings (SSSR count). The lowest BCUT2D eigenvalue weighted by Gasteiger charge is -2.36. The second kappa shape index (κ2) is 12.3. The van der Waals surface area contributed by atoms with E-state index in [-0.39, 0.29) is 5.41 Å². The van der Waals surface area contributed by atoms with Crippen molar-refractivity contribution in [3.63, 3.8) is 0 Å². The maximum absolute atomic E-state index is 5.15. The van der Waals surface area contributed by atoms with Gasteiger partial charge >= 0.3 is 0 Å². The lowest BCUT2D eigenvalue weighted by Crippen LogP contribution is -2.29. The first-order valence-electron chi connectivity index (χ1n) is 11.5. The molecule has 30 heavy (non-hydrogen) atoms. The Hall–Kier alpha value is -2.38. The van der Waals surface area contributed by atoms with Gasteiger partial charge in [-0.15, -0.1) is 0 Å². The standard InChI is InChI=1S/C29H36O/c1-30-25-17-6-4-2-3-5-16-24-29(26-18-10-7-11-19-26,27-20-12-8-13-21-27)28-22-14-9-15-23-28/h7-15,18-23H,2-6,16-17,24-25H2,1H3. The van der Waals surface area contributed by atoms with Gasteiger partial charge in [-0.1, -0.05) is 130 Å². The van der Waals surface area contributed by atoms with Gasteiger partial charge in [0.2, 0.25) is 0 Å². The van der Waals surface area contributed by atoms with E-state index < -0.39 is 0 Å². The minimum Gasteiger partial charge on any atom is -0.385 e. The molecule has 158 valence electrons. The average molecular weight is 401 g/mol. The fourth-order valence-electron chi connectivity index (χ4n) is 4.62. The summed E-state index contributed by atoms with van der Waals surface area (Å²) in [6, 6.07) is 33.2. The highest BCUT2D eigenvalue weighted by molar-refractivity contribution is 5.50. The number of rotatable bonds is 13. The van der Waals surface area contributed by atoms with E-state index >= 15 is 0 Å². The molecule has 0 amide bonds. The zero-order valence-corrected chi connectivity index (χ0v) is 18.4. The number of unbranched alkanes of at least 4 members (excludes halogenated alkanes) is 6. The van der Waals surface area contributed by atoms with E-state index in [1.165, 1.54) is 61.6 Å². The highest BCUT2D eigenvalue weighted by atomic mass is 16.5. The van der Waals surface area contributed by atoms with Crippen LogP contribution in [0.15, 0.2) is 91.0 Å². The van der Waals surface area contributed by atoms with Crippen molar-refractivity contribution in [1.29, 1.82) is 0 Å². The topological polar surface area (TPSA) is 9.23 Å². The van der Waals surface area contributed by atoms with Crippen LogP contribution in [0.3, 0.4) is 0 Å². The molecule has 0 N–H and O–H groups in total. The molecule has 0 aliphatic rings. The number of hydrogen-bond donors (Lipinski definition) is 0. The van der Waals surface area contributed by atoms with Crippen LogP contribution in [0.5, 0.6) is 0 Å². The fourth-order valence-corrected chi connectivity index (χ4v) is 4.62. The maximum Gasteiger partial charge on any atom is 0.0462 e. The van der Waals surface area contributed by atoms with Gasteiger partial charge in [0.25, 0.3) is 0 Å². The summed E-state index contributed by atoms with van der Waals surface area (Å²) in [5.41, 5.74) is 4.08. The molecule has 0 saturated heterocycles. The highest BCUT2D eigenvalue weighted by Gasteiger charge is 2.35. The predicted molar refractivity (Wildman–Crippen MR) is 128 cm³/mol. The molecule has 0 saturated carbocycles. The lowest BCUT2D eigenvalue weighted by atomic mass is 9.66. The minimum absolute atomic E-state index is 0.0950. The molecule has 3 aromatic carbocycles. The SMILES string of the molecule is COCCCCCCCCCC(c1ccccc1)(c1ccccc1)c1ccccc1. The Morgan fingerprint density at radius 3 is 1.27 bits per heavy atom. The van der Waals surface area contributed by atoms with Crippen LogP contribution in [0, 0.1) is 0 Å². The van der Waals surface area contributed by atoms with Crippen LogP contribution in [0.4, 0.5) is 0 Å². The maximum atomic E-state index is 5.15. The van der Waals surface area contributed by atoms with Gasteiger partial charge in [0.05, 0.1) is 0 Å². The Bertz CT molecular complexity index is 714. The molecule has 0 heterocycles. The molecule has 0 aromatic heterocycles. The molecule has 3 aromatic rings. The zero-order chi connectivity index (χ0) is 20.9. The van der Waals surface area contributed by atoms with Gasteiger partial charge in [-0.05, 0) is 29.5 Å². The van der Waals surface area contributed by atoms with Gasteiger partial charge in [0, 0.05) is 19.1 Å². The summed E-state index contributed by atoms with van der Waals surface area (Å²) >= 11 is 0. The summed E-state index contributed by atoms with van der Waals surface area (Å²) < 4.78 is 5.15. The zero-order valence-electron chi connectivity index (χ0n) is 18.4. The van der Waals surface area contributed by atoms with E-state index in [2.05, 4.69) is 91.0 Å². The molecule has 0 unspecified atom stereocenters. The Morgan fingerprint density at radius 1 is 0.500 bits per heavy atom. The van der Waals surface area contributed by atoms with Crippen LogP contribution in [0.1, 0.15) is 68.1 Å². The van der Waals surface area contributed by atoms with Gasteiger partial charge in [-0.25, -0.2) is 0 Å². The van der Waals surface area contributed by atoms with Gasteiger partial charge < -0.3 is 4.74 Å². The van der Waals surface area contributed by atoms with Gasteiger partial charge in [0.15, 0.2) is 0 Å². The molecular formula is C29H36O. The molecule has 0 atom stereocenters. The third kappa shape index (κ3) is 5.83. The lowest BCUT2D eigenvalue weighted by molar-refractivity contribution is 0.192. The van der Waals surface area contributed by atoms with Crippen LogP contribution in [0.25, 0.3) is 0 Å². The molecule has 0 aliphatic heterocycles. The van der Waals surface area contributed by atoms with Crippen molar-refractivity contribution >= 4 is 0 Å². The first-order chi connectivity index (χ1) is 14.9. The van der Waals surface area contributed by atoms with Crippen LogP contribution in [0.2, 0.25) is 0 Å². The molecule has 0 fully saturated rings. The second-order valence-corrected chi connectivity index (χ2v) is 8.22. The van der Waals surface area contributed by atoms with Crippen LogP contribution in [-0.4, -0.2) is 13.7 Å². The van der Waals surface area contributed by atoms with E-state index in [4.69, 9.17) is 4.74 Å². The van der Waals surface area contributed by atoms with Crippen molar-refractivity contribution in [2.45, 2.75) is 56.8 Å². The third-order valence-corrected chi connectivity index (χ3v) is 6.20. The van der Waals surface area contributed by atoms with Crippen LogP contribution in [-0.2, 0) is 10.2 Å². The van der Waals surface area contributed by atoms with Crippen molar-refractivity contribution in [2.75, 3.05) is 13.7 Å². The molecular weight excluding hydrogens is 364 g/mol. The molecule has 1 nitrogen and oxygen atoms in total. The third-order valence-electron chi connectivity index (χ3n) is 6.20. The molecule has 0 aliphatic carbocycles. The van der Waals surface area contributed by atoms with Crippen LogP contribution < -0.4 is 0 Å². The Balaban J connectivity index is 1.77. The average Bonchev–Trinajstić information content (AvgIpc) is 2.82. The van der Waals surface area contributed by atoms with Crippen molar-refractivity contribution < 1.29 is 4.74 Å². The number of ether oxygens (including phenoxy) is 1. The monoisotopic (exact) mass is 400 g/mol.